The number of piperazine rings is 1. The molecular formula is C21H28N4O4S. The van der Waals surface area contributed by atoms with Crippen LogP contribution in [0.3, 0.4) is 0 Å². The summed E-state index contributed by atoms with van der Waals surface area (Å²) in [5.41, 5.74) is 0.809. The number of rotatable bonds is 7. The van der Waals surface area contributed by atoms with Crippen molar-refractivity contribution in [3.63, 3.8) is 0 Å². The highest BCUT2D eigenvalue weighted by atomic mass is 32.2. The van der Waals surface area contributed by atoms with Crippen LogP contribution in [0.2, 0.25) is 0 Å². The molecular weight excluding hydrogens is 404 g/mol. The van der Waals surface area contributed by atoms with Crippen molar-refractivity contribution >= 4 is 21.7 Å². The molecule has 1 saturated heterocycles. The number of carbonyl (C=O) groups excluding carboxylic acids is 1. The summed E-state index contributed by atoms with van der Waals surface area (Å²) in [5, 5.41) is 3.24. The van der Waals surface area contributed by atoms with E-state index in [4.69, 9.17) is 4.42 Å². The summed E-state index contributed by atoms with van der Waals surface area (Å²) in [5.74, 6) is 1.15. The normalized spacial score (nSPS) is 15.3. The minimum Gasteiger partial charge on any atom is -0.459 e. The lowest BCUT2D eigenvalue weighted by Crippen LogP contribution is -2.53. The van der Waals surface area contributed by atoms with Crippen LogP contribution in [0.5, 0.6) is 0 Å². The Labute approximate surface area is 177 Å². The van der Waals surface area contributed by atoms with Gasteiger partial charge in [-0.2, -0.15) is 0 Å². The summed E-state index contributed by atoms with van der Waals surface area (Å²) in [6.07, 6.45) is 2.00. The summed E-state index contributed by atoms with van der Waals surface area (Å²) in [6, 6.07) is 12.6. The fourth-order valence-electron chi connectivity index (χ4n) is 3.40. The summed E-state index contributed by atoms with van der Waals surface area (Å²) in [7, 11) is -1.45. The topological polar surface area (TPSA) is 95.2 Å². The first-order valence-corrected chi connectivity index (χ1v) is 11.8. The fraction of sp³-hybridized carbons (Fsp3) is 0.429. The predicted molar refractivity (Wildman–Crippen MR) is 116 cm³/mol. The number of aliphatic imine (C=N–C) groups is 1. The fourth-order valence-corrected chi connectivity index (χ4v) is 4.83. The van der Waals surface area contributed by atoms with Gasteiger partial charge in [-0.3, -0.25) is 9.79 Å². The van der Waals surface area contributed by atoms with E-state index in [9.17, 15) is 13.2 Å². The van der Waals surface area contributed by atoms with Gasteiger partial charge in [-0.25, -0.2) is 8.42 Å². The number of hydrogen-bond acceptors (Lipinski definition) is 5. The number of hydrogen-bond donors (Lipinski definition) is 1. The molecule has 0 saturated carbocycles. The van der Waals surface area contributed by atoms with Gasteiger partial charge in [0.1, 0.15) is 0 Å². The van der Waals surface area contributed by atoms with Gasteiger partial charge < -0.3 is 19.5 Å². The second-order valence-corrected chi connectivity index (χ2v) is 9.35. The molecule has 3 rings (SSSR count). The zero-order valence-electron chi connectivity index (χ0n) is 17.2. The van der Waals surface area contributed by atoms with E-state index in [1.807, 2.05) is 30.3 Å². The monoisotopic (exact) mass is 432 g/mol. The number of guanidine groups is 1. The Hall–Kier alpha value is -2.81. The van der Waals surface area contributed by atoms with E-state index >= 15 is 0 Å². The number of nitrogens with zero attached hydrogens (tertiary/aromatic N) is 3. The molecule has 0 atom stereocenters. The van der Waals surface area contributed by atoms with Gasteiger partial charge in [0.25, 0.3) is 5.91 Å². The molecule has 9 heteroatoms. The van der Waals surface area contributed by atoms with Crippen molar-refractivity contribution in [2.24, 2.45) is 4.99 Å². The lowest BCUT2D eigenvalue weighted by atomic mass is 10.2. The first-order valence-electron chi connectivity index (χ1n) is 10.0. The van der Waals surface area contributed by atoms with Gasteiger partial charge in [-0.1, -0.05) is 30.3 Å². The molecule has 2 heterocycles. The van der Waals surface area contributed by atoms with Crippen LogP contribution in [0.4, 0.5) is 0 Å². The van der Waals surface area contributed by atoms with Gasteiger partial charge in [0.05, 0.1) is 17.8 Å². The quantitative estimate of drug-likeness (QED) is 0.406. The molecule has 0 radical (unpaired) electrons. The molecule has 1 N–H and O–H groups in total. The van der Waals surface area contributed by atoms with Crippen LogP contribution in [-0.4, -0.2) is 75.6 Å². The van der Waals surface area contributed by atoms with Crippen molar-refractivity contribution in [2.45, 2.75) is 12.2 Å². The number of benzene rings is 1. The minimum absolute atomic E-state index is 0.0637. The smallest absolute Gasteiger partial charge is 0.289 e. The molecule has 0 spiro atoms. The van der Waals surface area contributed by atoms with Crippen molar-refractivity contribution < 1.29 is 17.6 Å². The maximum Gasteiger partial charge on any atom is 0.289 e. The lowest BCUT2D eigenvalue weighted by molar-refractivity contribution is 0.0658. The zero-order valence-corrected chi connectivity index (χ0v) is 18.0. The molecule has 30 heavy (non-hydrogen) atoms. The Kier molecular flexibility index (Phi) is 7.51. The third-order valence-electron chi connectivity index (χ3n) is 4.95. The molecule has 0 aliphatic carbocycles. The number of carbonyl (C=O) groups is 1. The van der Waals surface area contributed by atoms with E-state index in [1.165, 1.54) is 6.26 Å². The van der Waals surface area contributed by atoms with Crippen LogP contribution < -0.4 is 5.32 Å². The first kappa shape index (κ1) is 21.9. The standard InChI is InChI=1S/C21H28N4O4S/c1-22-21(23-10-6-16-30(27,28)17-18-7-3-2-4-8-18)25-13-11-24(12-14-25)20(26)19-9-5-15-29-19/h2-5,7-9,15H,6,10-14,16-17H2,1H3,(H,22,23). The molecule has 1 aliphatic heterocycles. The molecule has 0 unspecified atom stereocenters. The van der Waals surface area contributed by atoms with Crippen LogP contribution in [-0.2, 0) is 15.6 Å². The summed E-state index contributed by atoms with van der Waals surface area (Å²) in [6.45, 7) is 2.97. The Bertz CT molecular complexity index is 935. The van der Waals surface area contributed by atoms with Gasteiger partial charge in [0.15, 0.2) is 21.6 Å². The molecule has 1 amide bonds. The summed E-state index contributed by atoms with van der Waals surface area (Å²) >= 11 is 0. The summed E-state index contributed by atoms with van der Waals surface area (Å²) in [4.78, 5) is 20.5. The van der Waals surface area contributed by atoms with Crippen LogP contribution >= 0.6 is 0 Å². The third kappa shape index (κ3) is 6.09. The molecule has 1 aliphatic rings. The molecule has 2 aromatic rings. The average Bonchev–Trinajstić information content (AvgIpc) is 3.29. The van der Waals surface area contributed by atoms with Crippen molar-refractivity contribution in [1.82, 2.24) is 15.1 Å². The van der Waals surface area contributed by atoms with Gasteiger partial charge in [0, 0.05) is 39.8 Å². The van der Waals surface area contributed by atoms with Gasteiger partial charge in [0.2, 0.25) is 0 Å². The number of nitrogens with one attached hydrogen (secondary N) is 1. The maximum atomic E-state index is 12.4. The SMILES string of the molecule is CN=C(NCCCS(=O)(=O)Cc1ccccc1)N1CCN(C(=O)c2ccco2)CC1. The van der Waals surface area contributed by atoms with E-state index in [0.717, 1.165) is 11.5 Å². The van der Waals surface area contributed by atoms with Crippen LogP contribution in [0.25, 0.3) is 0 Å². The Morgan fingerprint density at radius 2 is 1.77 bits per heavy atom. The minimum atomic E-state index is -3.15. The van der Waals surface area contributed by atoms with Crippen LogP contribution in [0.15, 0.2) is 58.1 Å². The van der Waals surface area contributed by atoms with E-state index in [-0.39, 0.29) is 17.4 Å². The Morgan fingerprint density at radius 3 is 2.40 bits per heavy atom. The Balaban J connectivity index is 1.40. The zero-order chi connectivity index (χ0) is 21.4. The second-order valence-electron chi connectivity index (χ2n) is 7.16. The molecule has 162 valence electrons. The maximum absolute atomic E-state index is 12.4. The highest BCUT2D eigenvalue weighted by molar-refractivity contribution is 7.90. The number of amides is 1. The van der Waals surface area contributed by atoms with Gasteiger partial charge in [-0.15, -0.1) is 0 Å². The van der Waals surface area contributed by atoms with Gasteiger partial charge in [-0.05, 0) is 24.1 Å². The molecule has 0 bridgehead atoms. The first-order chi connectivity index (χ1) is 14.5. The van der Waals surface area contributed by atoms with Crippen molar-refractivity contribution in [2.75, 3.05) is 45.5 Å². The lowest BCUT2D eigenvalue weighted by Gasteiger charge is -2.36. The molecule has 8 nitrogen and oxygen atoms in total. The predicted octanol–water partition coefficient (Wildman–Crippen LogP) is 1.62. The van der Waals surface area contributed by atoms with Gasteiger partial charge >= 0.3 is 0 Å². The molecule has 1 aromatic carbocycles. The van der Waals surface area contributed by atoms with Crippen LogP contribution in [0.1, 0.15) is 22.5 Å². The largest absolute Gasteiger partial charge is 0.459 e. The van der Waals surface area contributed by atoms with Crippen LogP contribution in [0, 0.1) is 0 Å². The van der Waals surface area contributed by atoms with E-state index in [1.54, 1.807) is 24.1 Å². The number of furan rings is 1. The van der Waals surface area contributed by atoms with E-state index in [0.29, 0.717) is 44.9 Å². The summed E-state index contributed by atoms with van der Waals surface area (Å²) < 4.78 is 29.8. The van der Waals surface area contributed by atoms with Crippen molar-refractivity contribution in [3.8, 4) is 0 Å². The number of sulfone groups is 1. The highest BCUT2D eigenvalue weighted by Gasteiger charge is 2.25. The highest BCUT2D eigenvalue weighted by Crippen LogP contribution is 2.10. The second kappa shape index (κ2) is 10.3. The van der Waals surface area contributed by atoms with Crippen molar-refractivity contribution in [1.29, 1.82) is 0 Å². The molecule has 1 aromatic heterocycles. The van der Waals surface area contributed by atoms with Crippen molar-refractivity contribution in [3.05, 3.63) is 60.1 Å². The van der Waals surface area contributed by atoms with E-state index in [2.05, 4.69) is 15.2 Å². The Morgan fingerprint density at radius 1 is 1.07 bits per heavy atom. The van der Waals surface area contributed by atoms with E-state index < -0.39 is 9.84 Å². The molecule has 1 fully saturated rings. The third-order valence-corrected chi connectivity index (χ3v) is 6.64. The average molecular weight is 433 g/mol.